The molecule has 0 aromatic heterocycles. The van der Waals surface area contributed by atoms with Gasteiger partial charge < -0.3 is 10.6 Å². The van der Waals surface area contributed by atoms with E-state index in [0.717, 1.165) is 25.0 Å². The normalized spacial score (nSPS) is 15.9. The van der Waals surface area contributed by atoms with Crippen molar-refractivity contribution in [1.82, 2.24) is 4.90 Å². The lowest BCUT2D eigenvalue weighted by Crippen LogP contribution is -2.44. The molecule has 0 radical (unpaired) electrons. The molecule has 2 N–H and O–H groups in total. The van der Waals surface area contributed by atoms with Crippen LogP contribution in [0.15, 0.2) is 24.3 Å². The van der Waals surface area contributed by atoms with Gasteiger partial charge in [-0.2, -0.15) is 11.8 Å². The highest BCUT2D eigenvalue weighted by molar-refractivity contribution is 7.98. The maximum Gasteiger partial charge on any atom is 0.240 e. The molecule has 4 heteroatoms. The van der Waals surface area contributed by atoms with E-state index in [0.29, 0.717) is 12.6 Å². The Balaban J connectivity index is 1.99. The van der Waals surface area contributed by atoms with Crippen LogP contribution in [-0.4, -0.2) is 34.9 Å². The Morgan fingerprint density at radius 3 is 2.60 bits per heavy atom. The summed E-state index contributed by atoms with van der Waals surface area (Å²) in [5, 5.41) is 0. The zero-order chi connectivity index (χ0) is 14.5. The summed E-state index contributed by atoms with van der Waals surface area (Å²) < 4.78 is 0. The molecule has 1 atom stereocenters. The zero-order valence-electron chi connectivity index (χ0n) is 12.3. The minimum absolute atomic E-state index is 0.113. The standard InChI is InChI=1S/C16H24N2OS/c1-12-3-5-13(6-4-12)11-18(14-7-8-14)16(19)15(17)9-10-20-2/h3-6,14-15H,7-11,17H2,1-2H3/t15-/m1/s1. The van der Waals surface area contributed by atoms with Gasteiger partial charge in [0.1, 0.15) is 0 Å². The molecule has 1 aromatic rings. The van der Waals surface area contributed by atoms with Crippen molar-refractivity contribution in [3.63, 3.8) is 0 Å². The van der Waals surface area contributed by atoms with Crippen molar-refractivity contribution in [1.29, 1.82) is 0 Å². The third kappa shape index (κ3) is 4.25. The second-order valence-electron chi connectivity index (χ2n) is 5.57. The number of benzene rings is 1. The van der Waals surface area contributed by atoms with Gasteiger partial charge in [0.05, 0.1) is 6.04 Å². The quantitative estimate of drug-likeness (QED) is 0.840. The van der Waals surface area contributed by atoms with Crippen LogP contribution < -0.4 is 5.73 Å². The van der Waals surface area contributed by atoms with Crippen LogP contribution in [0.25, 0.3) is 0 Å². The molecule has 3 nitrogen and oxygen atoms in total. The van der Waals surface area contributed by atoms with Crippen LogP contribution in [0.2, 0.25) is 0 Å². The number of nitrogens with two attached hydrogens (primary N) is 1. The van der Waals surface area contributed by atoms with Gasteiger partial charge in [-0.25, -0.2) is 0 Å². The molecule has 2 rings (SSSR count). The van der Waals surface area contributed by atoms with Crippen molar-refractivity contribution in [2.75, 3.05) is 12.0 Å². The number of rotatable bonds is 7. The lowest BCUT2D eigenvalue weighted by Gasteiger charge is -2.26. The molecule has 0 unspecified atom stereocenters. The molecule has 0 saturated heterocycles. The summed E-state index contributed by atoms with van der Waals surface area (Å²) in [7, 11) is 0. The van der Waals surface area contributed by atoms with E-state index < -0.39 is 0 Å². The first-order valence-corrected chi connectivity index (χ1v) is 8.61. The highest BCUT2D eigenvalue weighted by Crippen LogP contribution is 2.29. The summed E-state index contributed by atoms with van der Waals surface area (Å²) in [6.45, 7) is 2.77. The van der Waals surface area contributed by atoms with Gasteiger partial charge in [0.15, 0.2) is 0 Å². The number of carbonyl (C=O) groups excluding carboxylic acids is 1. The fourth-order valence-electron chi connectivity index (χ4n) is 2.24. The lowest BCUT2D eigenvalue weighted by molar-refractivity contribution is -0.133. The molecule has 0 heterocycles. The van der Waals surface area contributed by atoms with Crippen molar-refractivity contribution in [3.8, 4) is 0 Å². The van der Waals surface area contributed by atoms with Crippen LogP contribution in [0, 0.1) is 6.92 Å². The van der Waals surface area contributed by atoms with Crippen LogP contribution in [0.4, 0.5) is 0 Å². The molecule has 1 aliphatic rings. The Kier molecular flexibility index (Phi) is 5.49. The van der Waals surface area contributed by atoms with Gasteiger partial charge in [-0.3, -0.25) is 4.79 Å². The van der Waals surface area contributed by atoms with E-state index in [1.165, 1.54) is 11.1 Å². The Labute approximate surface area is 125 Å². The van der Waals surface area contributed by atoms with E-state index in [9.17, 15) is 4.79 Å². The third-order valence-electron chi connectivity index (χ3n) is 3.69. The molecular weight excluding hydrogens is 268 g/mol. The molecule has 1 amide bonds. The molecule has 0 aliphatic heterocycles. The van der Waals surface area contributed by atoms with E-state index in [2.05, 4.69) is 31.2 Å². The SMILES string of the molecule is CSCC[C@@H](N)C(=O)N(Cc1ccc(C)cc1)C1CC1. The molecule has 0 spiro atoms. The average molecular weight is 292 g/mol. The predicted molar refractivity (Wildman–Crippen MR) is 85.7 cm³/mol. The monoisotopic (exact) mass is 292 g/mol. The maximum absolute atomic E-state index is 12.5. The first-order chi connectivity index (χ1) is 9.61. The third-order valence-corrected chi connectivity index (χ3v) is 4.34. The molecule has 0 bridgehead atoms. The smallest absolute Gasteiger partial charge is 0.240 e. The molecule has 110 valence electrons. The van der Waals surface area contributed by atoms with Crippen LogP contribution in [-0.2, 0) is 11.3 Å². The highest BCUT2D eigenvalue weighted by atomic mass is 32.2. The molecule has 20 heavy (non-hydrogen) atoms. The number of carbonyl (C=O) groups is 1. The van der Waals surface area contributed by atoms with E-state index in [-0.39, 0.29) is 11.9 Å². The number of nitrogens with zero attached hydrogens (tertiary/aromatic N) is 1. The van der Waals surface area contributed by atoms with Crippen LogP contribution in [0.5, 0.6) is 0 Å². The predicted octanol–water partition coefficient (Wildman–Crippen LogP) is 2.57. The second kappa shape index (κ2) is 7.14. The molecule has 1 aromatic carbocycles. The van der Waals surface area contributed by atoms with Gasteiger partial charge in [-0.15, -0.1) is 0 Å². The number of aryl methyl sites for hydroxylation is 1. The maximum atomic E-state index is 12.5. The summed E-state index contributed by atoms with van der Waals surface area (Å²) in [6.07, 6.45) is 5.04. The van der Waals surface area contributed by atoms with Gasteiger partial charge in [0.25, 0.3) is 0 Å². The first-order valence-electron chi connectivity index (χ1n) is 7.22. The molecule has 1 saturated carbocycles. The van der Waals surface area contributed by atoms with Crippen molar-refractivity contribution in [2.45, 2.75) is 44.8 Å². The van der Waals surface area contributed by atoms with Gasteiger partial charge in [-0.1, -0.05) is 29.8 Å². The van der Waals surface area contributed by atoms with Crippen molar-refractivity contribution in [3.05, 3.63) is 35.4 Å². The Hall–Kier alpha value is -1.00. The summed E-state index contributed by atoms with van der Waals surface area (Å²) in [4.78, 5) is 14.5. The van der Waals surface area contributed by atoms with E-state index in [1.807, 2.05) is 11.2 Å². The minimum atomic E-state index is -0.353. The largest absolute Gasteiger partial charge is 0.334 e. The van der Waals surface area contributed by atoms with E-state index in [1.54, 1.807) is 11.8 Å². The van der Waals surface area contributed by atoms with Crippen LogP contribution in [0.3, 0.4) is 0 Å². The first kappa shape index (κ1) is 15.4. The van der Waals surface area contributed by atoms with Crippen LogP contribution in [0.1, 0.15) is 30.4 Å². The van der Waals surface area contributed by atoms with Gasteiger partial charge in [0.2, 0.25) is 5.91 Å². The number of hydrogen-bond acceptors (Lipinski definition) is 3. The fourth-order valence-corrected chi connectivity index (χ4v) is 2.73. The summed E-state index contributed by atoms with van der Waals surface area (Å²) in [5.74, 6) is 1.05. The molecular formula is C16H24N2OS. The van der Waals surface area contributed by atoms with Crippen molar-refractivity contribution in [2.24, 2.45) is 5.73 Å². The number of amides is 1. The lowest BCUT2D eigenvalue weighted by atomic mass is 10.1. The second-order valence-corrected chi connectivity index (χ2v) is 6.56. The molecule has 1 fully saturated rings. The van der Waals surface area contributed by atoms with E-state index in [4.69, 9.17) is 5.73 Å². The summed E-state index contributed by atoms with van der Waals surface area (Å²) in [6, 6.07) is 8.45. The average Bonchev–Trinajstić information content (AvgIpc) is 3.28. The van der Waals surface area contributed by atoms with Crippen LogP contribution >= 0.6 is 11.8 Å². The van der Waals surface area contributed by atoms with Crippen molar-refractivity contribution < 1.29 is 4.79 Å². The Bertz CT molecular complexity index is 442. The Morgan fingerprint density at radius 2 is 2.05 bits per heavy atom. The summed E-state index contributed by atoms with van der Waals surface area (Å²) >= 11 is 1.74. The van der Waals surface area contributed by atoms with E-state index >= 15 is 0 Å². The highest BCUT2D eigenvalue weighted by Gasteiger charge is 2.34. The Morgan fingerprint density at radius 1 is 1.40 bits per heavy atom. The van der Waals surface area contributed by atoms with Gasteiger partial charge in [-0.05, 0) is 43.8 Å². The van der Waals surface area contributed by atoms with Gasteiger partial charge in [0, 0.05) is 12.6 Å². The minimum Gasteiger partial charge on any atom is -0.334 e. The van der Waals surface area contributed by atoms with Gasteiger partial charge >= 0.3 is 0 Å². The van der Waals surface area contributed by atoms with Crippen molar-refractivity contribution >= 4 is 17.7 Å². The number of thioether (sulfide) groups is 1. The summed E-state index contributed by atoms with van der Waals surface area (Å²) in [5.41, 5.74) is 8.48. The number of hydrogen-bond donors (Lipinski definition) is 1. The topological polar surface area (TPSA) is 46.3 Å². The fraction of sp³-hybridized carbons (Fsp3) is 0.562. The zero-order valence-corrected chi connectivity index (χ0v) is 13.2. The molecule has 1 aliphatic carbocycles.